The van der Waals surface area contributed by atoms with Gasteiger partial charge in [-0.15, -0.1) is 0 Å². The highest BCUT2D eigenvalue weighted by molar-refractivity contribution is 6.32. The van der Waals surface area contributed by atoms with Gasteiger partial charge in [0.05, 0.1) is 11.6 Å². The Balaban J connectivity index is 2.70. The van der Waals surface area contributed by atoms with E-state index in [1.807, 2.05) is 5.48 Å². The van der Waals surface area contributed by atoms with Gasteiger partial charge >= 0.3 is 0 Å². The molecule has 1 aromatic carbocycles. The van der Waals surface area contributed by atoms with Crippen molar-refractivity contribution in [3.63, 3.8) is 0 Å². The van der Waals surface area contributed by atoms with Crippen molar-refractivity contribution in [1.82, 2.24) is 5.48 Å². The summed E-state index contributed by atoms with van der Waals surface area (Å²) >= 11 is 5.89. The topological polar surface area (TPSA) is 91.4 Å². The maximum Gasteiger partial charge on any atom is 0.137 e. The molecule has 5 N–H and O–H groups in total. The molecule has 5 nitrogen and oxygen atoms in total. The average Bonchev–Trinajstić information content (AvgIpc) is 2.20. The summed E-state index contributed by atoms with van der Waals surface area (Å²) in [6, 6.07) is 4.85. The molecule has 0 aromatic heterocycles. The molecular weight excluding hydrogens is 218 g/mol. The fraction of sp³-hybridized carbons (Fsp3) is 0.222. The van der Waals surface area contributed by atoms with E-state index in [0.717, 1.165) is 0 Å². The highest BCUT2D eigenvalue weighted by Gasteiger charge is 2.04. The lowest BCUT2D eigenvalue weighted by Gasteiger charge is -2.08. The normalized spacial score (nSPS) is 10.0. The number of ether oxygens (including phenoxy) is 1. The lowest BCUT2D eigenvalue weighted by atomic mass is 10.2. The predicted molar refractivity (Wildman–Crippen MR) is 57.8 cm³/mol. The van der Waals surface area contributed by atoms with E-state index in [9.17, 15) is 0 Å². The van der Waals surface area contributed by atoms with Crippen molar-refractivity contribution in [2.24, 2.45) is 5.73 Å². The zero-order valence-corrected chi connectivity index (χ0v) is 8.71. The zero-order chi connectivity index (χ0) is 11.3. The summed E-state index contributed by atoms with van der Waals surface area (Å²) in [6.45, 7) is 0.612. The Morgan fingerprint density at radius 3 is 2.87 bits per heavy atom. The number of benzene rings is 1. The third-order valence-electron chi connectivity index (χ3n) is 1.71. The molecule has 0 amide bonds. The van der Waals surface area contributed by atoms with Crippen molar-refractivity contribution in [3.8, 4) is 5.75 Å². The van der Waals surface area contributed by atoms with Gasteiger partial charge in [0, 0.05) is 5.56 Å². The minimum absolute atomic E-state index is 0.0412. The molecule has 0 atom stereocenters. The third-order valence-corrected chi connectivity index (χ3v) is 2.01. The van der Waals surface area contributed by atoms with Gasteiger partial charge in [0.15, 0.2) is 0 Å². The summed E-state index contributed by atoms with van der Waals surface area (Å²) in [5.74, 6) is 0.456. The van der Waals surface area contributed by atoms with E-state index in [-0.39, 0.29) is 5.84 Å². The number of hydroxylamine groups is 1. The van der Waals surface area contributed by atoms with Gasteiger partial charge in [-0.3, -0.25) is 5.41 Å². The maximum atomic E-state index is 8.32. The molecule has 0 heterocycles. The zero-order valence-electron chi connectivity index (χ0n) is 7.96. The summed E-state index contributed by atoms with van der Waals surface area (Å²) < 4.78 is 5.25. The van der Waals surface area contributed by atoms with E-state index in [2.05, 4.69) is 0 Å². The minimum atomic E-state index is -0.0412. The quantitative estimate of drug-likeness (QED) is 0.262. The summed E-state index contributed by atoms with van der Waals surface area (Å²) in [4.78, 5) is 0. The molecule has 0 unspecified atom stereocenters. The largest absolute Gasteiger partial charge is 0.491 e. The van der Waals surface area contributed by atoms with Gasteiger partial charge in [-0.1, -0.05) is 11.6 Å². The summed E-state index contributed by atoms with van der Waals surface area (Å²) in [5, 5.41) is 15.9. The van der Waals surface area contributed by atoms with Crippen LogP contribution in [0.5, 0.6) is 5.75 Å². The van der Waals surface area contributed by atoms with Crippen LogP contribution in [0.25, 0.3) is 0 Å². The summed E-state index contributed by atoms with van der Waals surface area (Å²) in [7, 11) is 0. The molecule has 82 valence electrons. The van der Waals surface area contributed by atoms with Crippen molar-refractivity contribution in [2.45, 2.75) is 0 Å². The van der Waals surface area contributed by atoms with Gasteiger partial charge in [-0.2, -0.15) is 0 Å². The molecule has 0 fully saturated rings. The highest BCUT2D eigenvalue weighted by atomic mass is 35.5. The second-order valence-corrected chi connectivity index (χ2v) is 3.22. The standard InChI is InChI=1S/C9H12ClN3O2/c10-7-5-6(9(11)12)1-2-8(7)15-4-3-13-14/h1-2,5,13-14H,3-4H2,(H3,11,12). The lowest BCUT2D eigenvalue weighted by molar-refractivity contribution is 0.145. The van der Waals surface area contributed by atoms with E-state index in [0.29, 0.717) is 29.5 Å². The van der Waals surface area contributed by atoms with Crippen LogP contribution in [0, 0.1) is 5.41 Å². The van der Waals surface area contributed by atoms with Crippen molar-refractivity contribution in [2.75, 3.05) is 13.2 Å². The van der Waals surface area contributed by atoms with Crippen LogP contribution in [0.1, 0.15) is 5.56 Å². The first kappa shape index (κ1) is 11.8. The number of rotatable bonds is 5. The van der Waals surface area contributed by atoms with Gasteiger partial charge in [0.25, 0.3) is 0 Å². The van der Waals surface area contributed by atoms with E-state index >= 15 is 0 Å². The summed E-state index contributed by atoms with van der Waals surface area (Å²) in [5.41, 5.74) is 7.81. The molecule has 0 saturated heterocycles. The van der Waals surface area contributed by atoms with Crippen molar-refractivity contribution in [3.05, 3.63) is 28.8 Å². The van der Waals surface area contributed by atoms with E-state index in [1.54, 1.807) is 18.2 Å². The van der Waals surface area contributed by atoms with Crippen LogP contribution in [0.4, 0.5) is 0 Å². The van der Waals surface area contributed by atoms with Gasteiger partial charge in [0.1, 0.15) is 18.2 Å². The molecule has 6 heteroatoms. The number of halogens is 1. The van der Waals surface area contributed by atoms with Crippen molar-refractivity contribution in [1.29, 1.82) is 5.41 Å². The Hall–Kier alpha value is -1.30. The van der Waals surface area contributed by atoms with Crippen molar-refractivity contribution < 1.29 is 9.94 Å². The lowest BCUT2D eigenvalue weighted by Crippen LogP contribution is -2.17. The molecule has 0 spiro atoms. The molecule has 1 rings (SSSR count). The predicted octanol–water partition coefficient (Wildman–Crippen LogP) is 0.982. The van der Waals surface area contributed by atoms with E-state index in [4.69, 9.17) is 32.7 Å². The van der Waals surface area contributed by atoms with E-state index in [1.165, 1.54) is 0 Å². The number of hydrogen-bond acceptors (Lipinski definition) is 4. The van der Waals surface area contributed by atoms with Crippen LogP contribution in [0.15, 0.2) is 18.2 Å². The summed E-state index contributed by atoms with van der Waals surface area (Å²) in [6.07, 6.45) is 0. The number of nitrogens with two attached hydrogens (primary N) is 1. The van der Waals surface area contributed by atoms with Gasteiger partial charge in [0.2, 0.25) is 0 Å². The average molecular weight is 230 g/mol. The fourth-order valence-corrected chi connectivity index (χ4v) is 1.23. The Kier molecular flexibility index (Phi) is 4.36. The molecule has 0 bridgehead atoms. The second kappa shape index (κ2) is 5.55. The Bertz CT molecular complexity index is 357. The maximum absolute atomic E-state index is 8.32. The Labute approximate surface area is 92.3 Å². The number of hydrogen-bond donors (Lipinski definition) is 4. The van der Waals surface area contributed by atoms with Crippen molar-refractivity contribution >= 4 is 17.4 Å². The fourth-order valence-electron chi connectivity index (χ4n) is 0.992. The first-order valence-electron chi connectivity index (χ1n) is 4.29. The molecule has 15 heavy (non-hydrogen) atoms. The second-order valence-electron chi connectivity index (χ2n) is 2.82. The number of amidine groups is 1. The van der Waals surface area contributed by atoms with Crippen LogP contribution in [0.3, 0.4) is 0 Å². The SMILES string of the molecule is N=C(N)c1ccc(OCCNO)c(Cl)c1. The monoisotopic (exact) mass is 229 g/mol. The van der Waals surface area contributed by atoms with Gasteiger partial charge in [-0.25, -0.2) is 5.48 Å². The molecule has 0 aliphatic carbocycles. The van der Waals surface area contributed by atoms with Crippen LogP contribution >= 0.6 is 11.6 Å². The van der Waals surface area contributed by atoms with E-state index < -0.39 is 0 Å². The number of nitrogen functional groups attached to an aromatic ring is 1. The van der Waals surface area contributed by atoms with Crippen LogP contribution in [-0.2, 0) is 0 Å². The van der Waals surface area contributed by atoms with Gasteiger partial charge < -0.3 is 15.7 Å². The van der Waals surface area contributed by atoms with Gasteiger partial charge in [-0.05, 0) is 18.2 Å². The molecular formula is C9H12ClN3O2. The van der Waals surface area contributed by atoms with Crippen LogP contribution in [0.2, 0.25) is 5.02 Å². The van der Waals surface area contributed by atoms with Crippen LogP contribution in [-0.4, -0.2) is 24.2 Å². The molecule has 1 aromatic rings. The molecule has 0 radical (unpaired) electrons. The Morgan fingerprint density at radius 2 is 2.33 bits per heavy atom. The molecule has 0 saturated carbocycles. The molecule has 0 aliphatic rings. The Morgan fingerprint density at radius 1 is 1.60 bits per heavy atom. The first-order valence-corrected chi connectivity index (χ1v) is 4.66. The number of nitrogens with one attached hydrogen (secondary N) is 2. The highest BCUT2D eigenvalue weighted by Crippen LogP contribution is 2.25. The first-order chi connectivity index (χ1) is 7.15. The minimum Gasteiger partial charge on any atom is -0.491 e. The van der Waals surface area contributed by atoms with Crippen LogP contribution < -0.4 is 16.0 Å². The molecule has 0 aliphatic heterocycles. The smallest absolute Gasteiger partial charge is 0.137 e. The third kappa shape index (κ3) is 3.39.